The van der Waals surface area contributed by atoms with Gasteiger partial charge in [-0.1, -0.05) is 0 Å². The van der Waals surface area contributed by atoms with Crippen LogP contribution in [0.5, 0.6) is 0 Å². The molecule has 9 nitrogen and oxygen atoms in total. The summed E-state index contributed by atoms with van der Waals surface area (Å²) < 4.78 is 6.94. The number of anilines is 1. The van der Waals surface area contributed by atoms with Crippen LogP contribution in [0.3, 0.4) is 0 Å². The third-order valence-electron chi connectivity index (χ3n) is 3.98. The van der Waals surface area contributed by atoms with Gasteiger partial charge < -0.3 is 30.4 Å². The number of hydrogen-bond donors (Lipinski definition) is 4. The number of nitrogen functional groups attached to an aromatic ring is 1. The van der Waals surface area contributed by atoms with E-state index in [1.807, 2.05) is 0 Å². The number of nitrogens with two attached hydrogens (primary N) is 1. The lowest BCUT2D eigenvalue weighted by molar-refractivity contribution is -0.0948. The number of aliphatic hydroxyl groups excluding tert-OH is 2. The van der Waals surface area contributed by atoms with Crippen LogP contribution >= 0.6 is 0 Å². The minimum absolute atomic E-state index is 0.128. The predicted octanol–water partition coefficient (Wildman–Crippen LogP) is -1.17. The Kier molecular flexibility index (Phi) is 3.37. The van der Waals surface area contributed by atoms with E-state index in [1.165, 1.54) is 24.0 Å². The monoisotopic (exact) mass is 308 g/mol. The van der Waals surface area contributed by atoms with Crippen LogP contribution in [-0.4, -0.2) is 60.6 Å². The van der Waals surface area contributed by atoms with Crippen molar-refractivity contribution < 1.29 is 24.9 Å². The van der Waals surface area contributed by atoms with E-state index in [0.717, 1.165) is 0 Å². The van der Waals surface area contributed by atoms with Gasteiger partial charge in [0, 0.05) is 11.8 Å². The summed E-state index contributed by atoms with van der Waals surface area (Å²) in [5.74, 6) is 0.128. The average Bonchev–Trinajstić information content (AvgIpc) is 2.97. The van der Waals surface area contributed by atoms with Gasteiger partial charge in [-0.2, -0.15) is 0 Å². The molecule has 0 bridgehead atoms. The van der Waals surface area contributed by atoms with Gasteiger partial charge in [0.25, 0.3) is 0 Å². The van der Waals surface area contributed by atoms with Gasteiger partial charge in [0.05, 0.1) is 12.0 Å². The van der Waals surface area contributed by atoms with Gasteiger partial charge in [-0.25, -0.2) is 9.97 Å². The molecule has 0 aliphatic carbocycles. The van der Waals surface area contributed by atoms with Gasteiger partial charge in [-0.3, -0.25) is 4.79 Å². The normalized spacial score (nSPS) is 31.7. The number of ether oxygens (including phenoxy) is 1. The Balaban J connectivity index is 2.19. The number of carbonyl (C=O) groups is 1. The van der Waals surface area contributed by atoms with Crippen molar-refractivity contribution in [1.82, 2.24) is 14.5 Å². The quantitative estimate of drug-likeness (QED) is 0.519. The molecule has 0 aromatic carbocycles. The second-order valence-electron chi connectivity index (χ2n) is 5.45. The van der Waals surface area contributed by atoms with Crippen LogP contribution in [0.1, 0.15) is 23.5 Å². The molecule has 0 spiro atoms. The Morgan fingerprint density at radius 2 is 2.27 bits per heavy atom. The van der Waals surface area contributed by atoms with Crippen LogP contribution in [0.4, 0.5) is 5.82 Å². The van der Waals surface area contributed by atoms with E-state index in [-0.39, 0.29) is 11.4 Å². The third-order valence-corrected chi connectivity index (χ3v) is 3.98. The first kappa shape index (κ1) is 14.9. The van der Waals surface area contributed by atoms with E-state index in [0.29, 0.717) is 17.3 Å². The zero-order valence-corrected chi connectivity index (χ0v) is 11.7. The first-order valence-corrected chi connectivity index (χ1v) is 6.64. The van der Waals surface area contributed by atoms with Crippen molar-refractivity contribution in [3.63, 3.8) is 0 Å². The fourth-order valence-electron chi connectivity index (χ4n) is 2.80. The molecule has 2 aromatic rings. The van der Waals surface area contributed by atoms with Gasteiger partial charge in [0.1, 0.15) is 35.6 Å². The summed E-state index contributed by atoms with van der Waals surface area (Å²) in [6.07, 6.45) is -0.0247. The van der Waals surface area contributed by atoms with Gasteiger partial charge in [0.2, 0.25) is 0 Å². The highest BCUT2D eigenvalue weighted by molar-refractivity contribution is 6.01. The maximum atomic E-state index is 11.2. The number of hydrogen-bond acceptors (Lipinski definition) is 8. The largest absolute Gasteiger partial charge is 0.394 e. The number of aromatic nitrogens is 3. The van der Waals surface area contributed by atoms with Gasteiger partial charge >= 0.3 is 0 Å². The van der Waals surface area contributed by atoms with Crippen molar-refractivity contribution in [2.45, 2.75) is 31.0 Å². The lowest BCUT2D eigenvalue weighted by Crippen LogP contribution is -2.44. The van der Waals surface area contributed by atoms with Gasteiger partial charge in [-0.15, -0.1) is 0 Å². The van der Waals surface area contributed by atoms with E-state index < -0.39 is 30.6 Å². The summed E-state index contributed by atoms with van der Waals surface area (Å²) in [5.41, 5.74) is 4.64. The highest BCUT2D eigenvalue weighted by atomic mass is 16.6. The molecule has 3 rings (SSSR count). The molecule has 1 aliphatic rings. The number of aldehydes is 1. The fraction of sp³-hybridized carbons (Fsp3) is 0.462. The van der Waals surface area contributed by atoms with Crippen LogP contribution in [-0.2, 0) is 4.74 Å². The van der Waals surface area contributed by atoms with Crippen LogP contribution in [0, 0.1) is 0 Å². The average molecular weight is 308 g/mol. The van der Waals surface area contributed by atoms with Crippen molar-refractivity contribution >= 4 is 23.1 Å². The van der Waals surface area contributed by atoms with Crippen molar-refractivity contribution in [2.75, 3.05) is 12.3 Å². The molecule has 1 fully saturated rings. The van der Waals surface area contributed by atoms with E-state index in [4.69, 9.17) is 10.5 Å². The van der Waals surface area contributed by atoms with Crippen LogP contribution < -0.4 is 5.73 Å². The first-order chi connectivity index (χ1) is 10.4. The molecule has 3 heterocycles. The molecule has 0 radical (unpaired) electrons. The molecule has 4 atom stereocenters. The molecule has 1 saturated heterocycles. The first-order valence-electron chi connectivity index (χ1n) is 6.64. The predicted molar refractivity (Wildman–Crippen MR) is 75.0 cm³/mol. The SMILES string of the molecule is C[C@@]1(O)C(n2cc(C=O)c3c(N)ncnc32)OC(CO)[C@H]1O. The Hall–Kier alpha value is -2.07. The summed E-state index contributed by atoms with van der Waals surface area (Å²) in [4.78, 5) is 19.1. The molecule has 2 aromatic heterocycles. The topological polar surface area (TPSA) is 144 Å². The highest BCUT2D eigenvalue weighted by Crippen LogP contribution is 2.40. The van der Waals surface area contributed by atoms with Crippen LogP contribution in [0.2, 0.25) is 0 Å². The van der Waals surface area contributed by atoms with E-state index >= 15 is 0 Å². The number of carbonyl (C=O) groups excluding carboxylic acids is 1. The number of fused-ring (bicyclic) bond motifs is 1. The van der Waals surface area contributed by atoms with E-state index in [2.05, 4.69) is 9.97 Å². The number of aliphatic hydroxyl groups is 3. The number of rotatable bonds is 3. The molecule has 5 N–H and O–H groups in total. The molecule has 0 saturated carbocycles. The summed E-state index contributed by atoms with van der Waals surface area (Å²) >= 11 is 0. The van der Waals surface area contributed by atoms with Gasteiger partial charge in [-0.05, 0) is 6.92 Å². The maximum Gasteiger partial charge on any atom is 0.167 e. The van der Waals surface area contributed by atoms with Crippen LogP contribution in [0.15, 0.2) is 12.5 Å². The van der Waals surface area contributed by atoms with Crippen molar-refractivity contribution in [2.24, 2.45) is 0 Å². The molecule has 22 heavy (non-hydrogen) atoms. The molecule has 2 unspecified atom stereocenters. The standard InChI is InChI=1S/C13H16N4O5/c1-13(21)9(20)7(4-19)22-12(13)17-2-6(3-18)8-10(14)15-5-16-11(8)17/h2-3,5,7,9,12,19-21H,4H2,1H3,(H2,14,15,16)/t7?,9-,12?,13+/m1/s1. The number of nitrogens with zero attached hydrogens (tertiary/aromatic N) is 3. The summed E-state index contributed by atoms with van der Waals surface area (Å²) in [6, 6.07) is 0. The van der Waals surface area contributed by atoms with E-state index in [9.17, 15) is 20.1 Å². The minimum Gasteiger partial charge on any atom is -0.394 e. The lowest BCUT2D eigenvalue weighted by Gasteiger charge is -2.27. The smallest absolute Gasteiger partial charge is 0.167 e. The fourth-order valence-corrected chi connectivity index (χ4v) is 2.80. The molecule has 9 heteroatoms. The lowest BCUT2D eigenvalue weighted by atomic mass is 9.96. The Bertz CT molecular complexity index is 729. The summed E-state index contributed by atoms with van der Waals surface area (Å²) in [6.45, 7) is 0.930. The molecule has 118 valence electrons. The van der Waals surface area contributed by atoms with Crippen molar-refractivity contribution in [1.29, 1.82) is 0 Å². The third kappa shape index (κ3) is 1.91. The summed E-state index contributed by atoms with van der Waals surface area (Å²) in [5, 5.41) is 30.2. The Morgan fingerprint density at radius 1 is 1.55 bits per heavy atom. The molecule has 0 amide bonds. The second kappa shape index (κ2) is 4.99. The molecular formula is C13H16N4O5. The van der Waals surface area contributed by atoms with Crippen molar-refractivity contribution in [3.05, 3.63) is 18.1 Å². The maximum absolute atomic E-state index is 11.2. The van der Waals surface area contributed by atoms with Gasteiger partial charge in [0.15, 0.2) is 12.5 Å². The highest BCUT2D eigenvalue weighted by Gasteiger charge is 2.53. The van der Waals surface area contributed by atoms with Crippen LogP contribution in [0.25, 0.3) is 11.0 Å². The molecular weight excluding hydrogens is 292 g/mol. The summed E-state index contributed by atoms with van der Waals surface area (Å²) in [7, 11) is 0. The van der Waals surface area contributed by atoms with E-state index in [1.54, 1.807) is 0 Å². The molecule has 1 aliphatic heterocycles. The zero-order valence-electron chi connectivity index (χ0n) is 11.7. The minimum atomic E-state index is -1.68. The second-order valence-corrected chi connectivity index (χ2v) is 5.45. The zero-order chi connectivity index (χ0) is 16.1. The Morgan fingerprint density at radius 3 is 2.86 bits per heavy atom. The van der Waals surface area contributed by atoms with Crippen molar-refractivity contribution in [3.8, 4) is 0 Å². The Labute approximate surface area is 125 Å².